The molecular weight excluding hydrogens is 701 g/mol. The zero-order valence-electron chi connectivity index (χ0n) is 33.0. The first-order valence-corrected chi connectivity index (χ1v) is 20.8. The van der Waals surface area contributed by atoms with Gasteiger partial charge in [-0.25, -0.2) is 0 Å². The van der Waals surface area contributed by atoms with E-state index >= 15 is 0 Å². The van der Waals surface area contributed by atoms with Crippen molar-refractivity contribution in [3.05, 3.63) is 228 Å². The molecule has 8 aromatic carbocycles. The number of rotatable bonds is 7. The molecule has 4 atom stereocenters. The van der Waals surface area contributed by atoms with Crippen LogP contribution in [0.25, 0.3) is 55.6 Å². The van der Waals surface area contributed by atoms with Crippen molar-refractivity contribution in [2.45, 2.75) is 43.4 Å². The molecule has 1 saturated carbocycles. The Morgan fingerprint density at radius 3 is 1.74 bits per heavy atom. The van der Waals surface area contributed by atoms with Gasteiger partial charge in [-0.05, 0) is 120 Å². The lowest BCUT2D eigenvalue weighted by atomic mass is 9.81. The molecular formula is C56H46N2. The van der Waals surface area contributed by atoms with Gasteiger partial charge < -0.3 is 0 Å². The van der Waals surface area contributed by atoms with E-state index in [1.807, 2.05) is 0 Å². The van der Waals surface area contributed by atoms with Crippen LogP contribution in [0.2, 0.25) is 0 Å². The quantitative estimate of drug-likeness (QED) is 0.170. The molecule has 1 heterocycles. The highest BCUT2D eigenvalue weighted by molar-refractivity contribution is 5.90. The smallest absolute Gasteiger partial charge is 0.0847 e. The van der Waals surface area contributed by atoms with Gasteiger partial charge in [0.2, 0.25) is 0 Å². The molecule has 0 spiro atoms. The molecule has 0 radical (unpaired) electrons. The van der Waals surface area contributed by atoms with E-state index in [1.165, 1.54) is 83.5 Å². The Morgan fingerprint density at radius 1 is 0.414 bits per heavy atom. The fourth-order valence-electron chi connectivity index (χ4n) is 10.3. The maximum absolute atomic E-state index is 4.13. The molecule has 3 unspecified atom stereocenters. The molecule has 2 nitrogen and oxygen atoms in total. The predicted octanol–water partition coefficient (Wildman–Crippen LogP) is 13.5. The van der Waals surface area contributed by atoms with Gasteiger partial charge >= 0.3 is 0 Å². The van der Waals surface area contributed by atoms with Gasteiger partial charge in [-0.2, -0.15) is 0 Å². The van der Waals surface area contributed by atoms with Crippen molar-refractivity contribution in [1.82, 2.24) is 10.6 Å². The summed E-state index contributed by atoms with van der Waals surface area (Å²) in [4.78, 5) is 0. The fraction of sp³-hybridized carbons (Fsp3) is 0.143. The van der Waals surface area contributed by atoms with Gasteiger partial charge in [0.25, 0.3) is 0 Å². The highest BCUT2D eigenvalue weighted by Crippen LogP contribution is 2.61. The third kappa shape index (κ3) is 5.78. The minimum Gasteiger partial charge on any atom is -0.291 e. The fourth-order valence-corrected chi connectivity index (χ4v) is 10.3. The van der Waals surface area contributed by atoms with E-state index in [1.54, 1.807) is 0 Å². The molecule has 2 fully saturated rings. The molecule has 3 aliphatic rings. The van der Waals surface area contributed by atoms with Crippen molar-refractivity contribution in [2.24, 2.45) is 5.92 Å². The van der Waals surface area contributed by atoms with E-state index in [0.29, 0.717) is 5.92 Å². The Bertz CT molecular complexity index is 2790. The monoisotopic (exact) mass is 746 g/mol. The zero-order chi connectivity index (χ0) is 38.8. The van der Waals surface area contributed by atoms with E-state index in [9.17, 15) is 0 Å². The maximum atomic E-state index is 4.13. The summed E-state index contributed by atoms with van der Waals surface area (Å²) >= 11 is 0. The van der Waals surface area contributed by atoms with Crippen molar-refractivity contribution in [1.29, 1.82) is 0 Å². The number of benzene rings is 8. The molecule has 0 amide bonds. The third-order valence-corrected chi connectivity index (χ3v) is 13.3. The van der Waals surface area contributed by atoms with Crippen molar-refractivity contribution in [3.8, 4) is 55.6 Å². The van der Waals surface area contributed by atoms with E-state index < -0.39 is 0 Å². The van der Waals surface area contributed by atoms with E-state index in [2.05, 4.69) is 225 Å². The standard InChI is InChI=1S/C56H46N2/c1-55(2)50-26-16-15-25-47(50)48-30-28-41(35-51(48)55)40-27-29-46(49(34-40)38-19-9-4-10-20-38)43-31-42(37-17-7-3-8-18-37)32-44(33-43)53-52-36-56(52,45-23-13-6-14-24-45)58-54(57-53)39-21-11-5-12-22-39/h3-35,52-54,57-58H,36H2,1-2H3/t52?,53?,54?,56-/m1/s1. The van der Waals surface area contributed by atoms with Gasteiger partial charge in [-0.15, -0.1) is 0 Å². The minimum atomic E-state index is -0.0940. The first-order valence-electron chi connectivity index (χ1n) is 20.8. The molecule has 2 N–H and O–H groups in total. The van der Waals surface area contributed by atoms with Crippen LogP contribution in [0, 0.1) is 5.92 Å². The topological polar surface area (TPSA) is 24.1 Å². The summed E-state index contributed by atoms with van der Waals surface area (Å²) in [7, 11) is 0. The van der Waals surface area contributed by atoms with Gasteiger partial charge in [0.15, 0.2) is 0 Å². The van der Waals surface area contributed by atoms with Crippen molar-refractivity contribution in [3.63, 3.8) is 0 Å². The van der Waals surface area contributed by atoms with Crippen LogP contribution in [0.3, 0.4) is 0 Å². The molecule has 58 heavy (non-hydrogen) atoms. The van der Waals surface area contributed by atoms with Crippen molar-refractivity contribution >= 4 is 0 Å². The van der Waals surface area contributed by atoms with Crippen LogP contribution in [0.15, 0.2) is 200 Å². The summed E-state index contributed by atoms with van der Waals surface area (Å²) in [5.74, 6) is 0.403. The number of fused-ring (bicyclic) bond motifs is 4. The summed E-state index contributed by atoms with van der Waals surface area (Å²) < 4.78 is 0. The molecule has 1 aliphatic heterocycles. The van der Waals surface area contributed by atoms with Gasteiger partial charge in [0.05, 0.1) is 11.7 Å². The summed E-state index contributed by atoms with van der Waals surface area (Å²) in [6.45, 7) is 4.73. The molecule has 0 aromatic heterocycles. The second-order valence-electron chi connectivity index (χ2n) is 17.0. The lowest BCUT2D eigenvalue weighted by Crippen LogP contribution is -2.49. The highest BCUT2D eigenvalue weighted by atomic mass is 15.3. The number of nitrogens with one attached hydrogen (secondary N) is 2. The summed E-state index contributed by atoms with van der Waals surface area (Å²) in [5.41, 5.74) is 19.2. The second-order valence-corrected chi connectivity index (χ2v) is 17.0. The molecule has 8 aromatic rings. The van der Waals surface area contributed by atoms with Crippen molar-refractivity contribution < 1.29 is 0 Å². The highest BCUT2D eigenvalue weighted by Gasteiger charge is 2.62. The molecule has 0 bridgehead atoms. The Morgan fingerprint density at radius 2 is 1.00 bits per heavy atom. The van der Waals surface area contributed by atoms with Gasteiger partial charge in [-0.1, -0.05) is 184 Å². The summed E-state index contributed by atoms with van der Waals surface area (Å²) in [6, 6.07) is 74.4. The predicted molar refractivity (Wildman–Crippen MR) is 240 cm³/mol. The first-order chi connectivity index (χ1) is 28.5. The van der Waals surface area contributed by atoms with Crippen LogP contribution < -0.4 is 10.6 Å². The Balaban J connectivity index is 1.06. The lowest BCUT2D eigenvalue weighted by molar-refractivity contribution is 0.238. The average Bonchev–Trinajstić information content (AvgIpc) is 4.01. The molecule has 2 aliphatic carbocycles. The van der Waals surface area contributed by atoms with Crippen LogP contribution in [0.4, 0.5) is 0 Å². The normalized spacial score (nSPS) is 21.1. The van der Waals surface area contributed by atoms with Gasteiger partial charge in [0, 0.05) is 17.4 Å². The first kappa shape index (κ1) is 34.9. The second kappa shape index (κ2) is 13.7. The summed E-state index contributed by atoms with van der Waals surface area (Å²) in [5, 5.41) is 8.22. The molecule has 1 saturated heterocycles. The van der Waals surface area contributed by atoms with Crippen LogP contribution in [0.5, 0.6) is 0 Å². The van der Waals surface area contributed by atoms with Crippen LogP contribution in [0.1, 0.15) is 60.3 Å². The third-order valence-electron chi connectivity index (χ3n) is 13.3. The summed E-state index contributed by atoms with van der Waals surface area (Å²) in [6.07, 6.45) is 1.09. The van der Waals surface area contributed by atoms with Gasteiger partial charge in [0.1, 0.15) is 0 Å². The van der Waals surface area contributed by atoms with Crippen LogP contribution in [-0.4, -0.2) is 0 Å². The van der Waals surface area contributed by atoms with E-state index in [0.717, 1.165) is 6.42 Å². The SMILES string of the molecule is CC1(C)c2ccccc2-c2ccc(-c3ccc(-c4cc(-c5ccccc5)cc(C5NC(c6ccccc6)N[C@@]6(c7ccccc7)CC56)c4)c(-c4ccccc4)c3)cc21. The van der Waals surface area contributed by atoms with E-state index in [-0.39, 0.29) is 23.2 Å². The Kier molecular flexibility index (Phi) is 8.22. The largest absolute Gasteiger partial charge is 0.291 e. The maximum Gasteiger partial charge on any atom is 0.0847 e. The molecule has 11 rings (SSSR count). The Labute approximate surface area is 342 Å². The average molecular weight is 747 g/mol. The van der Waals surface area contributed by atoms with Crippen LogP contribution in [-0.2, 0) is 11.0 Å². The Hall–Kier alpha value is -6.32. The zero-order valence-corrected chi connectivity index (χ0v) is 33.0. The van der Waals surface area contributed by atoms with E-state index in [4.69, 9.17) is 0 Å². The molecule has 2 heteroatoms. The lowest BCUT2D eigenvalue weighted by Gasteiger charge is -2.38. The molecule has 280 valence electrons. The number of hydrogen-bond donors (Lipinski definition) is 2. The van der Waals surface area contributed by atoms with Crippen molar-refractivity contribution in [2.75, 3.05) is 0 Å². The van der Waals surface area contributed by atoms with Crippen LogP contribution >= 0.6 is 0 Å². The number of hydrogen-bond acceptors (Lipinski definition) is 2. The minimum absolute atomic E-state index is 0.0123. The van der Waals surface area contributed by atoms with Gasteiger partial charge in [-0.3, -0.25) is 10.6 Å².